The van der Waals surface area contributed by atoms with Crippen molar-refractivity contribution in [3.8, 4) is 0 Å². The van der Waals surface area contributed by atoms with Gasteiger partial charge in [-0.05, 0) is 32.4 Å². The second-order valence-corrected chi connectivity index (χ2v) is 4.70. The van der Waals surface area contributed by atoms with E-state index >= 15 is 0 Å². The molecular formula is C12H18N4O2. The first kappa shape index (κ1) is 12.8. The molecular weight excluding hydrogens is 232 g/mol. The molecule has 0 spiro atoms. The monoisotopic (exact) mass is 250 g/mol. The average Bonchev–Trinajstić information content (AvgIpc) is 2.38. The Hall–Kier alpha value is -1.69. The highest BCUT2D eigenvalue weighted by atomic mass is 16.6. The number of hydrogen-bond acceptors (Lipinski definition) is 5. The molecule has 0 radical (unpaired) electrons. The van der Waals surface area contributed by atoms with Crippen LogP contribution in [0.2, 0.25) is 0 Å². The van der Waals surface area contributed by atoms with E-state index in [0.29, 0.717) is 11.6 Å². The Kier molecular flexibility index (Phi) is 3.76. The molecule has 0 amide bonds. The van der Waals surface area contributed by atoms with Gasteiger partial charge in [0.2, 0.25) is 0 Å². The summed E-state index contributed by atoms with van der Waals surface area (Å²) in [5.41, 5.74) is 0.731. The predicted molar refractivity (Wildman–Crippen MR) is 69.9 cm³/mol. The fraction of sp³-hybridized carbons (Fsp3) is 0.583. The third-order valence-corrected chi connectivity index (χ3v) is 3.45. The van der Waals surface area contributed by atoms with Crippen LogP contribution in [0.1, 0.15) is 18.4 Å². The van der Waals surface area contributed by atoms with Crippen molar-refractivity contribution >= 4 is 11.5 Å². The lowest BCUT2D eigenvalue weighted by Crippen LogP contribution is -2.44. The number of piperidine rings is 1. The van der Waals surface area contributed by atoms with E-state index in [1.54, 1.807) is 13.0 Å². The predicted octanol–water partition coefficient (Wildman–Crippen LogP) is 1.49. The highest BCUT2D eigenvalue weighted by Crippen LogP contribution is 2.23. The zero-order valence-corrected chi connectivity index (χ0v) is 10.7. The highest BCUT2D eigenvalue weighted by Gasteiger charge is 2.20. The SMILES string of the molecule is Cc1cc(N(C)C2CCCNC2)ncc1[N+](=O)[O-]. The summed E-state index contributed by atoms with van der Waals surface area (Å²) >= 11 is 0. The quantitative estimate of drug-likeness (QED) is 0.650. The number of nitrogens with zero attached hydrogens (tertiary/aromatic N) is 3. The topological polar surface area (TPSA) is 71.3 Å². The summed E-state index contributed by atoms with van der Waals surface area (Å²) in [5, 5.41) is 14.1. The van der Waals surface area contributed by atoms with E-state index in [0.717, 1.165) is 31.7 Å². The van der Waals surface area contributed by atoms with Gasteiger partial charge in [-0.15, -0.1) is 0 Å². The minimum absolute atomic E-state index is 0.0777. The zero-order valence-electron chi connectivity index (χ0n) is 10.7. The number of rotatable bonds is 3. The second-order valence-electron chi connectivity index (χ2n) is 4.70. The number of anilines is 1. The van der Waals surface area contributed by atoms with E-state index in [4.69, 9.17) is 0 Å². The van der Waals surface area contributed by atoms with Crippen LogP contribution < -0.4 is 10.2 Å². The third-order valence-electron chi connectivity index (χ3n) is 3.45. The van der Waals surface area contributed by atoms with Crippen LogP contribution in [0, 0.1) is 17.0 Å². The lowest BCUT2D eigenvalue weighted by Gasteiger charge is -2.32. The van der Waals surface area contributed by atoms with Gasteiger partial charge in [0, 0.05) is 25.2 Å². The molecule has 1 atom stereocenters. The summed E-state index contributed by atoms with van der Waals surface area (Å²) in [5.74, 6) is 0.798. The molecule has 6 heteroatoms. The number of aromatic nitrogens is 1. The van der Waals surface area contributed by atoms with Gasteiger partial charge in [-0.1, -0.05) is 0 Å². The van der Waals surface area contributed by atoms with E-state index in [2.05, 4.69) is 15.2 Å². The van der Waals surface area contributed by atoms with Crippen molar-refractivity contribution in [1.29, 1.82) is 0 Å². The number of nitrogens with one attached hydrogen (secondary N) is 1. The molecule has 2 heterocycles. The van der Waals surface area contributed by atoms with Crippen LogP contribution in [0.4, 0.5) is 11.5 Å². The number of likely N-dealkylation sites (N-methyl/N-ethyl adjacent to an activating group) is 1. The van der Waals surface area contributed by atoms with Gasteiger partial charge in [-0.3, -0.25) is 10.1 Å². The second kappa shape index (κ2) is 5.30. The fourth-order valence-electron chi connectivity index (χ4n) is 2.27. The third kappa shape index (κ3) is 2.59. The first-order chi connectivity index (χ1) is 8.59. The van der Waals surface area contributed by atoms with Crippen LogP contribution >= 0.6 is 0 Å². The number of pyridine rings is 1. The summed E-state index contributed by atoms with van der Waals surface area (Å²) in [6.45, 7) is 3.75. The molecule has 1 aliphatic rings. The lowest BCUT2D eigenvalue weighted by atomic mass is 10.1. The molecule has 0 saturated carbocycles. The molecule has 1 aromatic rings. The smallest absolute Gasteiger partial charge is 0.290 e. The van der Waals surface area contributed by atoms with Gasteiger partial charge < -0.3 is 10.2 Å². The van der Waals surface area contributed by atoms with E-state index in [-0.39, 0.29) is 5.69 Å². The molecule has 1 unspecified atom stereocenters. The largest absolute Gasteiger partial charge is 0.355 e. The fourth-order valence-corrected chi connectivity index (χ4v) is 2.27. The Morgan fingerprint density at radius 3 is 2.94 bits per heavy atom. The molecule has 0 aliphatic carbocycles. The van der Waals surface area contributed by atoms with Gasteiger partial charge in [0.25, 0.3) is 5.69 Å². The minimum Gasteiger partial charge on any atom is -0.355 e. The van der Waals surface area contributed by atoms with E-state index in [1.807, 2.05) is 7.05 Å². The molecule has 1 N–H and O–H groups in total. The van der Waals surface area contributed by atoms with Crippen molar-refractivity contribution in [2.24, 2.45) is 0 Å². The van der Waals surface area contributed by atoms with Crippen LogP contribution in [0.15, 0.2) is 12.3 Å². The maximum atomic E-state index is 10.7. The van der Waals surface area contributed by atoms with Gasteiger partial charge in [-0.25, -0.2) is 4.98 Å². The van der Waals surface area contributed by atoms with Gasteiger partial charge in [0.15, 0.2) is 0 Å². The Labute approximate surface area is 106 Å². The maximum absolute atomic E-state index is 10.7. The number of hydrogen-bond donors (Lipinski definition) is 1. The van der Waals surface area contributed by atoms with Crippen LogP contribution in [0.25, 0.3) is 0 Å². The van der Waals surface area contributed by atoms with Gasteiger partial charge in [0.1, 0.15) is 12.0 Å². The van der Waals surface area contributed by atoms with E-state index in [9.17, 15) is 10.1 Å². The highest BCUT2D eigenvalue weighted by molar-refractivity contribution is 5.48. The van der Waals surface area contributed by atoms with Gasteiger partial charge in [-0.2, -0.15) is 0 Å². The Balaban J connectivity index is 2.17. The lowest BCUT2D eigenvalue weighted by molar-refractivity contribution is -0.385. The van der Waals surface area contributed by atoms with Crippen LogP contribution in [0.5, 0.6) is 0 Å². The summed E-state index contributed by atoms with van der Waals surface area (Å²) in [7, 11) is 1.99. The van der Waals surface area contributed by atoms with Crippen molar-refractivity contribution in [3.63, 3.8) is 0 Å². The van der Waals surface area contributed by atoms with E-state index < -0.39 is 4.92 Å². The molecule has 98 valence electrons. The van der Waals surface area contributed by atoms with Crippen LogP contribution in [-0.4, -0.2) is 36.1 Å². The zero-order chi connectivity index (χ0) is 13.1. The van der Waals surface area contributed by atoms with Crippen LogP contribution in [-0.2, 0) is 0 Å². The first-order valence-corrected chi connectivity index (χ1v) is 6.14. The molecule has 1 saturated heterocycles. The summed E-state index contributed by atoms with van der Waals surface area (Å²) in [4.78, 5) is 16.6. The van der Waals surface area contributed by atoms with Crippen molar-refractivity contribution in [2.45, 2.75) is 25.8 Å². The standard InChI is InChI=1S/C12H18N4O2/c1-9-6-12(14-8-11(9)16(17)18)15(2)10-4-3-5-13-7-10/h6,8,10,13H,3-5,7H2,1-2H3. The average molecular weight is 250 g/mol. The van der Waals surface area contributed by atoms with Crippen LogP contribution in [0.3, 0.4) is 0 Å². The molecule has 1 aromatic heterocycles. The summed E-state index contributed by atoms with van der Waals surface area (Å²) in [6, 6.07) is 2.19. The van der Waals surface area contributed by atoms with Crippen molar-refractivity contribution in [1.82, 2.24) is 10.3 Å². The van der Waals surface area contributed by atoms with Crippen molar-refractivity contribution < 1.29 is 4.92 Å². The molecule has 0 aromatic carbocycles. The molecule has 18 heavy (non-hydrogen) atoms. The minimum atomic E-state index is -0.395. The number of nitro groups is 1. The Morgan fingerprint density at radius 1 is 1.61 bits per heavy atom. The molecule has 0 bridgehead atoms. The van der Waals surface area contributed by atoms with Crippen molar-refractivity contribution in [2.75, 3.05) is 25.0 Å². The first-order valence-electron chi connectivity index (χ1n) is 6.14. The Morgan fingerprint density at radius 2 is 2.39 bits per heavy atom. The van der Waals surface area contributed by atoms with E-state index in [1.165, 1.54) is 6.20 Å². The summed E-state index contributed by atoms with van der Waals surface area (Å²) in [6.07, 6.45) is 3.62. The Bertz CT molecular complexity index is 444. The van der Waals surface area contributed by atoms with Gasteiger partial charge in [0.05, 0.1) is 4.92 Å². The molecule has 2 rings (SSSR count). The number of aryl methyl sites for hydroxylation is 1. The maximum Gasteiger partial charge on any atom is 0.290 e. The molecule has 1 aliphatic heterocycles. The van der Waals surface area contributed by atoms with Crippen molar-refractivity contribution in [3.05, 3.63) is 27.9 Å². The molecule has 1 fully saturated rings. The van der Waals surface area contributed by atoms with Gasteiger partial charge >= 0.3 is 0 Å². The normalized spacial score (nSPS) is 19.6. The molecule has 6 nitrogen and oxygen atoms in total. The summed E-state index contributed by atoms with van der Waals surface area (Å²) < 4.78 is 0.